The molecule has 0 fully saturated rings. The summed E-state index contributed by atoms with van der Waals surface area (Å²) in [6.07, 6.45) is 4.45. The fraction of sp³-hybridized carbons (Fsp3) is 0.414. The van der Waals surface area contributed by atoms with E-state index >= 15 is 0 Å². The van der Waals surface area contributed by atoms with Gasteiger partial charge in [0.2, 0.25) is 11.8 Å². The van der Waals surface area contributed by atoms with Gasteiger partial charge in [0.1, 0.15) is 12.4 Å². The summed E-state index contributed by atoms with van der Waals surface area (Å²) in [4.78, 5) is 28.0. The molecular formula is C29H36Cl2N4O2. The standard InChI is InChI=1S/C29H36Cl2N4O2/c1-5-6-7-11-14-28(37)34(19-21-12-9-8-10-13-21)20-27(36)32-26-18-25(29(2,3)4)33-35(26)22-15-16-23(30)24(31)17-22/h8-10,12-13,15-18H,5-7,11,14,19-20H2,1-4H3,(H,32,36). The van der Waals surface area contributed by atoms with Crippen molar-refractivity contribution in [3.63, 3.8) is 0 Å². The molecule has 0 bridgehead atoms. The first-order valence-electron chi connectivity index (χ1n) is 12.8. The highest BCUT2D eigenvalue weighted by atomic mass is 35.5. The van der Waals surface area contributed by atoms with Crippen LogP contribution in [-0.4, -0.2) is 33.0 Å². The topological polar surface area (TPSA) is 67.2 Å². The first kappa shape index (κ1) is 28.7. The van der Waals surface area contributed by atoms with E-state index in [1.807, 2.05) is 36.4 Å². The van der Waals surface area contributed by atoms with Gasteiger partial charge in [0, 0.05) is 24.4 Å². The molecule has 0 spiro atoms. The summed E-state index contributed by atoms with van der Waals surface area (Å²) in [5.74, 6) is 0.186. The van der Waals surface area contributed by atoms with Crippen molar-refractivity contribution in [3.05, 3.63) is 75.9 Å². The zero-order valence-electron chi connectivity index (χ0n) is 22.1. The van der Waals surface area contributed by atoms with Crippen LogP contribution in [0.4, 0.5) is 5.82 Å². The van der Waals surface area contributed by atoms with Gasteiger partial charge in [0.15, 0.2) is 0 Å². The van der Waals surface area contributed by atoms with Gasteiger partial charge in [-0.05, 0) is 30.2 Å². The number of hydrogen-bond acceptors (Lipinski definition) is 3. The van der Waals surface area contributed by atoms with E-state index in [1.54, 1.807) is 27.8 Å². The Hall–Kier alpha value is -2.83. The first-order valence-corrected chi connectivity index (χ1v) is 13.5. The van der Waals surface area contributed by atoms with E-state index in [2.05, 4.69) is 33.0 Å². The number of aromatic nitrogens is 2. The van der Waals surface area contributed by atoms with Gasteiger partial charge >= 0.3 is 0 Å². The van der Waals surface area contributed by atoms with Crippen LogP contribution in [0.1, 0.15) is 71.1 Å². The first-order chi connectivity index (χ1) is 17.6. The zero-order chi connectivity index (χ0) is 27.0. The molecule has 1 heterocycles. The van der Waals surface area contributed by atoms with E-state index in [0.29, 0.717) is 34.5 Å². The van der Waals surface area contributed by atoms with Crippen LogP contribution < -0.4 is 5.32 Å². The smallest absolute Gasteiger partial charge is 0.245 e. The van der Waals surface area contributed by atoms with Crippen molar-refractivity contribution in [2.75, 3.05) is 11.9 Å². The number of anilines is 1. The Morgan fingerprint density at radius 3 is 2.35 bits per heavy atom. The summed E-state index contributed by atoms with van der Waals surface area (Å²) in [5.41, 5.74) is 2.22. The van der Waals surface area contributed by atoms with Crippen molar-refractivity contribution in [1.29, 1.82) is 0 Å². The van der Waals surface area contributed by atoms with Crippen LogP contribution >= 0.6 is 23.2 Å². The summed E-state index contributed by atoms with van der Waals surface area (Å²) < 4.78 is 1.65. The highest BCUT2D eigenvalue weighted by Gasteiger charge is 2.23. The average molecular weight is 544 g/mol. The van der Waals surface area contributed by atoms with Gasteiger partial charge in [0.25, 0.3) is 0 Å². The molecule has 8 heteroatoms. The van der Waals surface area contributed by atoms with E-state index in [1.165, 1.54) is 0 Å². The molecule has 0 atom stereocenters. The number of rotatable bonds is 11. The lowest BCUT2D eigenvalue weighted by Gasteiger charge is -2.22. The average Bonchev–Trinajstić information content (AvgIpc) is 3.28. The number of nitrogens with one attached hydrogen (secondary N) is 1. The fourth-order valence-electron chi connectivity index (χ4n) is 3.90. The minimum absolute atomic E-state index is 0.0246. The molecule has 6 nitrogen and oxygen atoms in total. The van der Waals surface area contributed by atoms with Crippen molar-refractivity contribution in [1.82, 2.24) is 14.7 Å². The maximum Gasteiger partial charge on any atom is 0.245 e. The van der Waals surface area contributed by atoms with E-state index in [0.717, 1.165) is 36.9 Å². The summed E-state index contributed by atoms with van der Waals surface area (Å²) in [7, 11) is 0. The van der Waals surface area contributed by atoms with Gasteiger partial charge in [-0.3, -0.25) is 9.59 Å². The number of carbonyl (C=O) groups is 2. The van der Waals surface area contributed by atoms with Crippen LogP contribution in [0.5, 0.6) is 0 Å². The Morgan fingerprint density at radius 2 is 1.70 bits per heavy atom. The Morgan fingerprint density at radius 1 is 0.973 bits per heavy atom. The summed E-state index contributed by atoms with van der Waals surface area (Å²) >= 11 is 12.4. The van der Waals surface area contributed by atoms with Crippen molar-refractivity contribution in [2.24, 2.45) is 0 Å². The zero-order valence-corrected chi connectivity index (χ0v) is 23.6. The second-order valence-corrected chi connectivity index (χ2v) is 11.1. The SMILES string of the molecule is CCCCCCC(=O)N(CC(=O)Nc1cc(C(C)(C)C)nn1-c1ccc(Cl)c(Cl)c1)Cc1ccccc1. The maximum atomic E-state index is 13.3. The molecule has 0 unspecified atom stereocenters. The number of halogens is 2. The second kappa shape index (κ2) is 13.1. The van der Waals surface area contributed by atoms with Crippen LogP contribution in [0.2, 0.25) is 10.0 Å². The fourth-order valence-corrected chi connectivity index (χ4v) is 4.20. The molecular weight excluding hydrogens is 507 g/mol. The van der Waals surface area contributed by atoms with Gasteiger partial charge in [-0.25, -0.2) is 4.68 Å². The van der Waals surface area contributed by atoms with E-state index in [4.69, 9.17) is 28.3 Å². The van der Waals surface area contributed by atoms with Crippen molar-refractivity contribution >= 4 is 40.8 Å². The number of nitrogens with zero attached hydrogens (tertiary/aromatic N) is 3. The third-order valence-corrected chi connectivity index (χ3v) is 6.78. The van der Waals surface area contributed by atoms with Crippen LogP contribution in [0.15, 0.2) is 54.6 Å². The molecule has 0 aliphatic heterocycles. The van der Waals surface area contributed by atoms with E-state index in [9.17, 15) is 9.59 Å². The van der Waals surface area contributed by atoms with Crippen molar-refractivity contribution in [2.45, 2.75) is 71.8 Å². The second-order valence-electron chi connectivity index (χ2n) is 10.3. The summed E-state index contributed by atoms with van der Waals surface area (Å²) in [6.45, 7) is 8.62. The number of benzene rings is 2. The Bertz CT molecular complexity index is 1200. The molecule has 1 aromatic heterocycles. The Balaban J connectivity index is 1.82. The van der Waals surface area contributed by atoms with Crippen LogP contribution in [0, 0.1) is 0 Å². The lowest BCUT2D eigenvalue weighted by atomic mass is 9.92. The number of carbonyl (C=O) groups excluding carboxylic acids is 2. The van der Waals surface area contributed by atoms with Gasteiger partial charge < -0.3 is 10.2 Å². The van der Waals surface area contributed by atoms with Gasteiger partial charge in [-0.2, -0.15) is 5.10 Å². The molecule has 3 aromatic rings. The number of unbranched alkanes of at least 4 members (excludes halogenated alkanes) is 3. The van der Waals surface area contributed by atoms with Crippen LogP contribution in [0.25, 0.3) is 5.69 Å². The molecule has 0 aliphatic carbocycles. The molecule has 37 heavy (non-hydrogen) atoms. The largest absolute Gasteiger partial charge is 0.329 e. The van der Waals surface area contributed by atoms with Crippen molar-refractivity contribution in [3.8, 4) is 5.69 Å². The molecule has 2 aromatic carbocycles. The number of amides is 2. The monoisotopic (exact) mass is 542 g/mol. The summed E-state index contributed by atoms with van der Waals surface area (Å²) in [5, 5.41) is 8.54. The normalized spacial score (nSPS) is 11.4. The molecule has 1 N–H and O–H groups in total. The third kappa shape index (κ3) is 8.34. The molecule has 0 radical (unpaired) electrons. The summed E-state index contributed by atoms with van der Waals surface area (Å²) in [6, 6.07) is 16.8. The van der Waals surface area contributed by atoms with Crippen LogP contribution in [0.3, 0.4) is 0 Å². The Kier molecular flexibility index (Phi) is 10.2. The minimum atomic E-state index is -0.292. The van der Waals surface area contributed by atoms with E-state index < -0.39 is 0 Å². The highest BCUT2D eigenvalue weighted by molar-refractivity contribution is 6.42. The van der Waals surface area contributed by atoms with Crippen LogP contribution in [-0.2, 0) is 21.5 Å². The molecule has 2 amide bonds. The molecule has 198 valence electrons. The van der Waals surface area contributed by atoms with Crippen molar-refractivity contribution < 1.29 is 9.59 Å². The quantitative estimate of drug-likeness (QED) is 0.256. The third-order valence-electron chi connectivity index (χ3n) is 6.04. The van der Waals surface area contributed by atoms with E-state index in [-0.39, 0.29) is 23.8 Å². The van der Waals surface area contributed by atoms with Gasteiger partial charge in [-0.1, -0.05) is 100 Å². The maximum absolute atomic E-state index is 13.3. The molecule has 0 aliphatic rings. The number of hydrogen-bond donors (Lipinski definition) is 1. The lowest BCUT2D eigenvalue weighted by Crippen LogP contribution is -2.37. The van der Waals surface area contributed by atoms with Gasteiger partial charge in [0.05, 0.1) is 21.4 Å². The van der Waals surface area contributed by atoms with Gasteiger partial charge in [-0.15, -0.1) is 0 Å². The minimum Gasteiger partial charge on any atom is -0.329 e. The Labute approximate surface area is 230 Å². The molecule has 0 saturated carbocycles. The predicted molar refractivity (Wildman–Crippen MR) is 152 cm³/mol. The lowest BCUT2D eigenvalue weighted by molar-refractivity contribution is -0.135. The molecule has 0 saturated heterocycles. The predicted octanol–water partition coefficient (Wildman–Crippen LogP) is 7.41. The highest BCUT2D eigenvalue weighted by Crippen LogP contribution is 2.29. The molecule has 3 rings (SSSR count).